The molecule has 0 unspecified atom stereocenters. The number of hydrogen-bond donors (Lipinski definition) is 1. The van der Waals surface area contributed by atoms with Gasteiger partial charge in [0, 0.05) is 26.1 Å². The van der Waals surface area contributed by atoms with Crippen LogP contribution in [0.15, 0.2) is 24.3 Å². The van der Waals surface area contributed by atoms with Crippen LogP contribution in [-0.2, 0) is 17.9 Å². The first kappa shape index (κ1) is 12.1. The van der Waals surface area contributed by atoms with Crippen molar-refractivity contribution in [3.63, 3.8) is 0 Å². The van der Waals surface area contributed by atoms with Crippen LogP contribution in [0.2, 0.25) is 0 Å². The molecule has 0 aromatic heterocycles. The first-order valence-corrected chi connectivity index (χ1v) is 6.23. The molecule has 1 aromatic rings. The number of nitrogens with two attached hydrogens (primary N) is 1. The van der Waals surface area contributed by atoms with Crippen molar-refractivity contribution in [2.24, 2.45) is 11.7 Å². The van der Waals surface area contributed by atoms with Gasteiger partial charge in [0.25, 0.3) is 0 Å². The average molecular weight is 232 g/mol. The summed E-state index contributed by atoms with van der Waals surface area (Å²) >= 11 is 0. The molecule has 1 aromatic carbocycles. The highest BCUT2D eigenvalue weighted by molar-refractivity contribution is 5.79. The minimum Gasteiger partial charge on any atom is -0.341 e. The van der Waals surface area contributed by atoms with Crippen molar-refractivity contribution in [3.05, 3.63) is 35.4 Å². The summed E-state index contributed by atoms with van der Waals surface area (Å²) in [5.74, 6) is 0.562. The fraction of sp³-hybridized carbons (Fsp3) is 0.500. The molecular weight excluding hydrogens is 212 g/mol. The Kier molecular flexibility index (Phi) is 3.79. The van der Waals surface area contributed by atoms with E-state index in [2.05, 4.69) is 6.07 Å². The fourth-order valence-electron chi connectivity index (χ4n) is 2.17. The van der Waals surface area contributed by atoms with Crippen LogP contribution in [0, 0.1) is 5.92 Å². The maximum atomic E-state index is 12.0. The summed E-state index contributed by atoms with van der Waals surface area (Å²) in [5.41, 5.74) is 7.88. The van der Waals surface area contributed by atoms with E-state index in [0.29, 0.717) is 13.1 Å². The van der Waals surface area contributed by atoms with Crippen LogP contribution >= 0.6 is 0 Å². The van der Waals surface area contributed by atoms with Gasteiger partial charge >= 0.3 is 0 Å². The van der Waals surface area contributed by atoms with Crippen LogP contribution in [0.3, 0.4) is 0 Å². The number of nitrogens with zero attached hydrogens (tertiary/aromatic N) is 1. The molecule has 0 radical (unpaired) electrons. The molecule has 1 aliphatic carbocycles. The van der Waals surface area contributed by atoms with Crippen LogP contribution in [0.5, 0.6) is 0 Å². The molecular formula is C14H20N2O. The van der Waals surface area contributed by atoms with Crippen molar-refractivity contribution < 1.29 is 4.79 Å². The number of benzene rings is 1. The van der Waals surface area contributed by atoms with E-state index in [1.165, 1.54) is 6.42 Å². The summed E-state index contributed by atoms with van der Waals surface area (Å²) in [6, 6.07) is 8.13. The Balaban J connectivity index is 1.96. The van der Waals surface area contributed by atoms with Crippen LogP contribution < -0.4 is 5.73 Å². The van der Waals surface area contributed by atoms with Crippen LogP contribution in [0.1, 0.15) is 30.4 Å². The zero-order chi connectivity index (χ0) is 12.3. The minimum absolute atomic E-state index is 0.276. The van der Waals surface area contributed by atoms with E-state index in [4.69, 9.17) is 5.73 Å². The molecule has 1 amide bonds. The molecule has 2 N–H and O–H groups in total. The third kappa shape index (κ3) is 2.86. The van der Waals surface area contributed by atoms with Crippen molar-refractivity contribution in [3.8, 4) is 0 Å². The molecule has 0 heterocycles. The molecule has 0 bridgehead atoms. The lowest BCUT2D eigenvalue weighted by molar-refractivity contribution is -0.137. The number of amides is 1. The highest BCUT2D eigenvalue weighted by atomic mass is 16.2. The standard InChI is InChI=1S/C14H20N2O/c1-16(14(17)13-6-3-7-13)10-12-5-2-4-11(8-12)9-15/h2,4-5,8,13H,3,6-7,9-10,15H2,1H3. The lowest BCUT2D eigenvalue weighted by Gasteiger charge is -2.29. The Labute approximate surface area is 103 Å². The molecule has 1 saturated carbocycles. The normalized spacial score (nSPS) is 15.4. The molecule has 1 aliphatic rings. The third-order valence-corrected chi connectivity index (χ3v) is 3.48. The minimum atomic E-state index is 0.276. The lowest BCUT2D eigenvalue weighted by Crippen LogP contribution is -2.35. The zero-order valence-electron chi connectivity index (χ0n) is 10.4. The van der Waals surface area contributed by atoms with E-state index in [1.807, 2.05) is 30.1 Å². The van der Waals surface area contributed by atoms with E-state index >= 15 is 0 Å². The van der Waals surface area contributed by atoms with Gasteiger partial charge < -0.3 is 10.6 Å². The summed E-state index contributed by atoms with van der Waals surface area (Å²) in [6.45, 7) is 1.23. The number of carbonyl (C=O) groups excluding carboxylic acids is 1. The lowest BCUT2D eigenvalue weighted by atomic mass is 9.84. The fourth-order valence-corrected chi connectivity index (χ4v) is 2.17. The van der Waals surface area contributed by atoms with Crippen LogP contribution in [0.25, 0.3) is 0 Å². The second-order valence-electron chi connectivity index (χ2n) is 4.85. The molecule has 17 heavy (non-hydrogen) atoms. The predicted octanol–water partition coefficient (Wildman–Crippen LogP) is 1.90. The summed E-state index contributed by atoms with van der Waals surface area (Å²) in [7, 11) is 1.88. The van der Waals surface area contributed by atoms with Gasteiger partial charge in [-0.25, -0.2) is 0 Å². The molecule has 0 saturated heterocycles. The number of carbonyl (C=O) groups is 1. The van der Waals surface area contributed by atoms with Gasteiger partial charge in [-0.1, -0.05) is 30.7 Å². The summed E-state index contributed by atoms with van der Waals surface area (Å²) in [4.78, 5) is 13.8. The monoisotopic (exact) mass is 232 g/mol. The Bertz CT molecular complexity index is 399. The van der Waals surface area contributed by atoms with E-state index in [0.717, 1.165) is 24.0 Å². The van der Waals surface area contributed by atoms with Crippen molar-refractivity contribution in [2.45, 2.75) is 32.4 Å². The molecule has 0 aliphatic heterocycles. The first-order valence-electron chi connectivity index (χ1n) is 6.23. The molecule has 0 spiro atoms. The van der Waals surface area contributed by atoms with Crippen molar-refractivity contribution in [1.29, 1.82) is 0 Å². The highest BCUT2D eigenvalue weighted by Gasteiger charge is 2.27. The van der Waals surface area contributed by atoms with E-state index in [9.17, 15) is 4.79 Å². The van der Waals surface area contributed by atoms with Gasteiger partial charge in [-0.05, 0) is 24.0 Å². The Morgan fingerprint density at radius 3 is 2.71 bits per heavy atom. The van der Waals surface area contributed by atoms with Crippen molar-refractivity contribution in [1.82, 2.24) is 4.90 Å². The van der Waals surface area contributed by atoms with Gasteiger partial charge in [0.2, 0.25) is 5.91 Å². The largest absolute Gasteiger partial charge is 0.341 e. The Morgan fingerprint density at radius 1 is 1.41 bits per heavy atom. The molecule has 0 atom stereocenters. The summed E-state index contributed by atoms with van der Waals surface area (Å²) < 4.78 is 0. The SMILES string of the molecule is CN(Cc1cccc(CN)c1)C(=O)C1CCC1. The molecule has 92 valence electrons. The van der Waals surface area contributed by atoms with Crippen molar-refractivity contribution >= 4 is 5.91 Å². The number of hydrogen-bond acceptors (Lipinski definition) is 2. The Morgan fingerprint density at radius 2 is 2.12 bits per heavy atom. The predicted molar refractivity (Wildman–Crippen MR) is 68.1 cm³/mol. The second-order valence-corrected chi connectivity index (χ2v) is 4.85. The van der Waals surface area contributed by atoms with Crippen molar-refractivity contribution in [2.75, 3.05) is 7.05 Å². The van der Waals surface area contributed by atoms with Gasteiger partial charge in [0.1, 0.15) is 0 Å². The van der Waals surface area contributed by atoms with Gasteiger partial charge in [-0.3, -0.25) is 4.79 Å². The second kappa shape index (κ2) is 5.32. The number of rotatable bonds is 4. The summed E-state index contributed by atoms with van der Waals surface area (Å²) in [6.07, 6.45) is 3.32. The third-order valence-electron chi connectivity index (χ3n) is 3.48. The van der Waals surface area contributed by atoms with Crippen LogP contribution in [0.4, 0.5) is 0 Å². The Hall–Kier alpha value is -1.35. The smallest absolute Gasteiger partial charge is 0.225 e. The maximum Gasteiger partial charge on any atom is 0.225 e. The van der Waals surface area contributed by atoms with Crippen LogP contribution in [-0.4, -0.2) is 17.9 Å². The highest BCUT2D eigenvalue weighted by Crippen LogP contribution is 2.28. The maximum absolute atomic E-state index is 12.0. The molecule has 3 heteroatoms. The van der Waals surface area contributed by atoms with Gasteiger partial charge in [0.15, 0.2) is 0 Å². The quantitative estimate of drug-likeness (QED) is 0.862. The molecule has 2 rings (SSSR count). The van der Waals surface area contributed by atoms with E-state index < -0.39 is 0 Å². The topological polar surface area (TPSA) is 46.3 Å². The van der Waals surface area contributed by atoms with Gasteiger partial charge in [-0.2, -0.15) is 0 Å². The summed E-state index contributed by atoms with van der Waals surface area (Å²) in [5, 5.41) is 0. The van der Waals surface area contributed by atoms with E-state index in [1.54, 1.807) is 0 Å². The van der Waals surface area contributed by atoms with E-state index in [-0.39, 0.29) is 11.8 Å². The average Bonchev–Trinajstić information content (AvgIpc) is 2.27. The molecule has 1 fully saturated rings. The zero-order valence-corrected chi connectivity index (χ0v) is 10.4. The first-order chi connectivity index (χ1) is 8.20. The van der Waals surface area contributed by atoms with Gasteiger partial charge in [-0.15, -0.1) is 0 Å². The molecule has 3 nitrogen and oxygen atoms in total. The van der Waals surface area contributed by atoms with Gasteiger partial charge in [0.05, 0.1) is 0 Å².